The molecule has 0 radical (unpaired) electrons. The predicted molar refractivity (Wildman–Crippen MR) is 85.1 cm³/mol. The Labute approximate surface area is 125 Å². The van der Waals surface area contributed by atoms with Crippen LogP contribution in [0, 0.1) is 0 Å². The molecule has 3 rings (SSSR count). The minimum absolute atomic E-state index is 0.759. The molecule has 4 unspecified atom stereocenters. The maximum absolute atomic E-state index is 3.69. The molecule has 3 aliphatic rings. The molecule has 3 fully saturated rings. The SMILES string of the molecule is CCNC1CCCC(N2CC3CCCCN3CC2C)C1. The van der Waals surface area contributed by atoms with Crippen LogP contribution in [0.3, 0.4) is 0 Å². The van der Waals surface area contributed by atoms with Crippen molar-refractivity contribution in [3.63, 3.8) is 0 Å². The topological polar surface area (TPSA) is 18.5 Å². The van der Waals surface area contributed by atoms with Gasteiger partial charge in [-0.05, 0) is 52.1 Å². The summed E-state index contributed by atoms with van der Waals surface area (Å²) in [4.78, 5) is 5.64. The minimum Gasteiger partial charge on any atom is -0.314 e. The van der Waals surface area contributed by atoms with E-state index in [4.69, 9.17) is 0 Å². The highest BCUT2D eigenvalue weighted by molar-refractivity contribution is 4.94. The number of hydrogen-bond acceptors (Lipinski definition) is 3. The van der Waals surface area contributed by atoms with Gasteiger partial charge in [0, 0.05) is 37.3 Å². The molecule has 3 heteroatoms. The Balaban J connectivity index is 1.60. The summed E-state index contributed by atoms with van der Waals surface area (Å²) in [6, 6.07) is 3.23. The molecule has 2 aliphatic heterocycles. The average Bonchev–Trinajstić information content (AvgIpc) is 2.47. The maximum atomic E-state index is 3.69. The summed E-state index contributed by atoms with van der Waals surface area (Å²) >= 11 is 0. The molecule has 1 saturated carbocycles. The molecular formula is C17H33N3. The lowest BCUT2D eigenvalue weighted by atomic mass is 9.87. The van der Waals surface area contributed by atoms with E-state index in [1.54, 1.807) is 0 Å². The summed E-state index contributed by atoms with van der Waals surface area (Å²) in [5, 5.41) is 3.69. The van der Waals surface area contributed by atoms with Crippen LogP contribution in [0.5, 0.6) is 0 Å². The number of piperidine rings is 1. The molecule has 0 aromatic rings. The zero-order valence-corrected chi connectivity index (χ0v) is 13.5. The van der Waals surface area contributed by atoms with E-state index in [1.807, 2.05) is 0 Å². The highest BCUT2D eigenvalue weighted by Crippen LogP contribution is 2.30. The summed E-state index contributed by atoms with van der Waals surface area (Å²) in [6.07, 6.45) is 9.93. The van der Waals surface area contributed by atoms with E-state index in [0.29, 0.717) is 0 Å². The van der Waals surface area contributed by atoms with Crippen molar-refractivity contribution < 1.29 is 0 Å². The number of nitrogens with zero attached hydrogens (tertiary/aromatic N) is 2. The van der Waals surface area contributed by atoms with Crippen LogP contribution < -0.4 is 5.32 Å². The Bertz CT molecular complexity index is 305. The molecular weight excluding hydrogens is 246 g/mol. The second-order valence-corrected chi connectivity index (χ2v) is 7.27. The molecule has 0 aromatic carbocycles. The van der Waals surface area contributed by atoms with Crippen molar-refractivity contribution in [3.05, 3.63) is 0 Å². The van der Waals surface area contributed by atoms with Crippen LogP contribution in [0.4, 0.5) is 0 Å². The Morgan fingerprint density at radius 1 is 1.00 bits per heavy atom. The Morgan fingerprint density at radius 3 is 2.70 bits per heavy atom. The fourth-order valence-corrected chi connectivity index (χ4v) is 4.82. The van der Waals surface area contributed by atoms with Crippen molar-refractivity contribution in [1.29, 1.82) is 0 Å². The normalized spacial score (nSPS) is 40.5. The second-order valence-electron chi connectivity index (χ2n) is 7.27. The quantitative estimate of drug-likeness (QED) is 0.856. The van der Waals surface area contributed by atoms with Crippen LogP contribution in [0.15, 0.2) is 0 Å². The van der Waals surface area contributed by atoms with Gasteiger partial charge in [0.1, 0.15) is 0 Å². The van der Waals surface area contributed by atoms with Gasteiger partial charge in [0.15, 0.2) is 0 Å². The molecule has 2 saturated heterocycles. The standard InChI is InChI=1S/C17H33N3/c1-3-18-15-7-6-9-16(11-15)20-13-17-8-4-5-10-19(17)12-14(20)2/h14-18H,3-13H2,1-2H3. The van der Waals surface area contributed by atoms with Gasteiger partial charge in [0.2, 0.25) is 0 Å². The Morgan fingerprint density at radius 2 is 1.85 bits per heavy atom. The lowest BCUT2D eigenvalue weighted by Gasteiger charge is -2.51. The molecule has 20 heavy (non-hydrogen) atoms. The van der Waals surface area contributed by atoms with Crippen LogP contribution >= 0.6 is 0 Å². The van der Waals surface area contributed by atoms with Gasteiger partial charge < -0.3 is 5.32 Å². The summed E-state index contributed by atoms with van der Waals surface area (Å²) < 4.78 is 0. The minimum atomic E-state index is 0.759. The average molecular weight is 279 g/mol. The van der Waals surface area contributed by atoms with Gasteiger partial charge in [-0.15, -0.1) is 0 Å². The largest absolute Gasteiger partial charge is 0.314 e. The first-order chi connectivity index (χ1) is 9.78. The van der Waals surface area contributed by atoms with Crippen molar-refractivity contribution in [2.75, 3.05) is 26.2 Å². The fraction of sp³-hybridized carbons (Fsp3) is 1.00. The Hall–Kier alpha value is -0.120. The smallest absolute Gasteiger partial charge is 0.0224 e. The summed E-state index contributed by atoms with van der Waals surface area (Å²) in [7, 11) is 0. The number of piperazine rings is 1. The van der Waals surface area contributed by atoms with Gasteiger partial charge in [0.25, 0.3) is 0 Å². The van der Waals surface area contributed by atoms with Crippen molar-refractivity contribution >= 4 is 0 Å². The molecule has 2 heterocycles. The predicted octanol–water partition coefficient (Wildman–Crippen LogP) is 2.47. The van der Waals surface area contributed by atoms with E-state index >= 15 is 0 Å². The van der Waals surface area contributed by atoms with Gasteiger partial charge in [0.05, 0.1) is 0 Å². The van der Waals surface area contributed by atoms with E-state index in [1.165, 1.54) is 64.6 Å². The third-order valence-corrected chi connectivity index (χ3v) is 5.84. The van der Waals surface area contributed by atoms with Crippen LogP contribution in [-0.2, 0) is 0 Å². The zero-order valence-electron chi connectivity index (χ0n) is 13.5. The van der Waals surface area contributed by atoms with E-state index < -0.39 is 0 Å². The molecule has 0 amide bonds. The third-order valence-electron chi connectivity index (χ3n) is 5.84. The number of hydrogen-bond donors (Lipinski definition) is 1. The summed E-state index contributed by atoms with van der Waals surface area (Å²) in [5.74, 6) is 0. The van der Waals surface area contributed by atoms with Gasteiger partial charge in [-0.3, -0.25) is 9.80 Å². The van der Waals surface area contributed by atoms with Crippen molar-refractivity contribution in [2.45, 2.75) is 83.0 Å². The van der Waals surface area contributed by atoms with Crippen LogP contribution in [0.1, 0.15) is 58.8 Å². The zero-order chi connectivity index (χ0) is 13.9. The summed E-state index contributed by atoms with van der Waals surface area (Å²) in [5.41, 5.74) is 0. The van der Waals surface area contributed by atoms with Gasteiger partial charge in [-0.25, -0.2) is 0 Å². The molecule has 4 atom stereocenters. The van der Waals surface area contributed by atoms with E-state index in [0.717, 1.165) is 30.7 Å². The van der Waals surface area contributed by atoms with Gasteiger partial charge in [-0.2, -0.15) is 0 Å². The Kier molecular flexibility index (Phi) is 5.00. The number of nitrogens with one attached hydrogen (secondary N) is 1. The van der Waals surface area contributed by atoms with E-state index in [-0.39, 0.29) is 0 Å². The monoisotopic (exact) mass is 279 g/mol. The first-order valence-corrected chi connectivity index (χ1v) is 9.01. The lowest BCUT2D eigenvalue weighted by Crippen LogP contribution is -2.62. The van der Waals surface area contributed by atoms with Gasteiger partial charge >= 0.3 is 0 Å². The molecule has 0 spiro atoms. The van der Waals surface area contributed by atoms with Crippen molar-refractivity contribution in [2.24, 2.45) is 0 Å². The van der Waals surface area contributed by atoms with Crippen LogP contribution in [-0.4, -0.2) is 60.1 Å². The van der Waals surface area contributed by atoms with Crippen molar-refractivity contribution in [1.82, 2.24) is 15.1 Å². The fourth-order valence-electron chi connectivity index (χ4n) is 4.82. The van der Waals surface area contributed by atoms with Crippen LogP contribution in [0.25, 0.3) is 0 Å². The first kappa shape index (κ1) is 14.8. The maximum Gasteiger partial charge on any atom is 0.0224 e. The molecule has 3 nitrogen and oxygen atoms in total. The van der Waals surface area contributed by atoms with Gasteiger partial charge in [-0.1, -0.05) is 19.8 Å². The highest BCUT2D eigenvalue weighted by Gasteiger charge is 2.37. The number of fused-ring (bicyclic) bond motifs is 1. The van der Waals surface area contributed by atoms with Crippen LogP contribution in [0.2, 0.25) is 0 Å². The molecule has 116 valence electrons. The lowest BCUT2D eigenvalue weighted by molar-refractivity contribution is -0.0187. The highest BCUT2D eigenvalue weighted by atomic mass is 15.3. The van der Waals surface area contributed by atoms with Crippen molar-refractivity contribution in [3.8, 4) is 0 Å². The second kappa shape index (κ2) is 6.76. The molecule has 0 bridgehead atoms. The molecule has 1 aliphatic carbocycles. The summed E-state index contributed by atoms with van der Waals surface area (Å²) in [6.45, 7) is 9.84. The van der Waals surface area contributed by atoms with E-state index in [2.05, 4.69) is 29.0 Å². The van der Waals surface area contributed by atoms with E-state index in [9.17, 15) is 0 Å². The first-order valence-electron chi connectivity index (χ1n) is 9.01. The third kappa shape index (κ3) is 3.20. The molecule has 1 N–H and O–H groups in total. The molecule has 0 aromatic heterocycles. The number of rotatable bonds is 3.